The third-order valence-electron chi connectivity index (χ3n) is 3.76. The van der Waals surface area contributed by atoms with Crippen LogP contribution < -0.4 is 10.6 Å². The van der Waals surface area contributed by atoms with Crippen molar-refractivity contribution >= 4 is 23.3 Å². The van der Waals surface area contributed by atoms with Gasteiger partial charge in [-0.15, -0.1) is 0 Å². The monoisotopic (exact) mass is 334 g/mol. The maximum Gasteiger partial charge on any atom is 0.319 e. The molecule has 0 spiro atoms. The Labute approximate surface area is 142 Å². The molecule has 23 heavy (non-hydrogen) atoms. The summed E-state index contributed by atoms with van der Waals surface area (Å²) in [6, 6.07) is 3.35. The van der Waals surface area contributed by atoms with Gasteiger partial charge in [0.2, 0.25) is 0 Å². The number of nitrogens with one attached hydrogen (secondary N) is 2. The number of carbonyl (C=O) groups is 1. The summed E-state index contributed by atoms with van der Waals surface area (Å²) in [4.78, 5) is 16.7. The van der Waals surface area contributed by atoms with Crippen LogP contribution in [-0.4, -0.2) is 15.6 Å². The van der Waals surface area contributed by atoms with Crippen LogP contribution in [0.5, 0.6) is 0 Å². The summed E-state index contributed by atoms with van der Waals surface area (Å²) in [5.74, 6) is 1.03. The Balaban J connectivity index is 2.16. The summed E-state index contributed by atoms with van der Waals surface area (Å²) in [7, 11) is 1.91. The molecule has 0 saturated carbocycles. The molecule has 2 N–H and O–H groups in total. The van der Waals surface area contributed by atoms with E-state index in [4.69, 9.17) is 11.6 Å². The third kappa shape index (κ3) is 4.05. The van der Waals surface area contributed by atoms with E-state index in [1.165, 1.54) is 0 Å². The molecule has 0 fully saturated rings. The average Bonchev–Trinajstić information content (AvgIpc) is 2.86. The first-order valence-electron chi connectivity index (χ1n) is 7.61. The van der Waals surface area contributed by atoms with Crippen molar-refractivity contribution in [3.63, 3.8) is 0 Å². The fourth-order valence-corrected chi connectivity index (χ4v) is 2.94. The summed E-state index contributed by atoms with van der Waals surface area (Å²) >= 11 is 6.24. The third-order valence-corrected chi connectivity index (χ3v) is 4.06. The molecule has 0 aliphatic rings. The van der Waals surface area contributed by atoms with E-state index in [1.54, 1.807) is 6.20 Å². The van der Waals surface area contributed by atoms with Gasteiger partial charge in [-0.1, -0.05) is 31.5 Å². The highest BCUT2D eigenvalue weighted by molar-refractivity contribution is 6.34. The molecule has 124 valence electrons. The van der Waals surface area contributed by atoms with Crippen molar-refractivity contribution in [1.82, 2.24) is 14.9 Å². The van der Waals surface area contributed by atoms with Crippen molar-refractivity contribution in [3.8, 4) is 0 Å². The number of urea groups is 1. The van der Waals surface area contributed by atoms with Crippen molar-refractivity contribution in [1.29, 1.82) is 0 Å². The minimum absolute atomic E-state index is 0.181. The second-order valence-corrected chi connectivity index (χ2v) is 6.56. The number of imidazole rings is 1. The molecule has 0 aliphatic heterocycles. The van der Waals surface area contributed by atoms with Crippen molar-refractivity contribution in [3.05, 3.63) is 46.5 Å². The molecule has 2 rings (SSSR count). The van der Waals surface area contributed by atoms with E-state index in [1.807, 2.05) is 57.6 Å². The predicted octanol–water partition coefficient (Wildman–Crippen LogP) is 4.21. The van der Waals surface area contributed by atoms with Gasteiger partial charge in [0.1, 0.15) is 5.82 Å². The molecule has 0 unspecified atom stereocenters. The van der Waals surface area contributed by atoms with Crippen molar-refractivity contribution < 1.29 is 4.79 Å². The van der Waals surface area contributed by atoms with Gasteiger partial charge in [-0.05, 0) is 37.0 Å². The van der Waals surface area contributed by atoms with Crippen LogP contribution in [0.3, 0.4) is 0 Å². The number of anilines is 1. The number of nitrogens with zero attached hydrogens (tertiary/aromatic N) is 2. The predicted molar refractivity (Wildman–Crippen MR) is 93.9 cm³/mol. The smallest absolute Gasteiger partial charge is 0.319 e. The Kier molecular flexibility index (Phi) is 5.31. The summed E-state index contributed by atoms with van der Waals surface area (Å²) in [6.07, 6.45) is 3.59. The van der Waals surface area contributed by atoms with Crippen LogP contribution >= 0.6 is 11.6 Å². The highest BCUT2D eigenvalue weighted by Crippen LogP contribution is 2.27. The number of benzene rings is 1. The van der Waals surface area contributed by atoms with Gasteiger partial charge in [-0.25, -0.2) is 9.78 Å². The van der Waals surface area contributed by atoms with Crippen LogP contribution in [0.15, 0.2) is 24.5 Å². The number of amides is 2. The van der Waals surface area contributed by atoms with Gasteiger partial charge in [0.05, 0.1) is 16.8 Å². The van der Waals surface area contributed by atoms with Crippen LogP contribution in [0, 0.1) is 19.8 Å². The van der Waals surface area contributed by atoms with Crippen LogP contribution in [0.4, 0.5) is 10.5 Å². The minimum atomic E-state index is -0.291. The van der Waals surface area contributed by atoms with Gasteiger partial charge in [0.25, 0.3) is 0 Å². The molecule has 1 heterocycles. The number of aromatic nitrogens is 2. The van der Waals surface area contributed by atoms with Gasteiger partial charge >= 0.3 is 6.03 Å². The molecule has 0 aliphatic carbocycles. The molecular weight excluding hydrogens is 312 g/mol. The lowest BCUT2D eigenvalue weighted by atomic mass is 10.0. The minimum Gasteiger partial charge on any atom is -0.336 e. The maximum atomic E-state index is 12.4. The number of hydrogen-bond donors (Lipinski definition) is 2. The Morgan fingerprint density at radius 1 is 1.30 bits per heavy atom. The second kappa shape index (κ2) is 7.04. The highest BCUT2D eigenvalue weighted by Gasteiger charge is 2.22. The van der Waals surface area contributed by atoms with E-state index >= 15 is 0 Å². The molecular formula is C17H23ClN4O. The number of halogens is 1. The Bertz CT molecular complexity index is 685. The molecule has 5 nitrogen and oxygen atoms in total. The Morgan fingerprint density at radius 3 is 2.52 bits per heavy atom. The van der Waals surface area contributed by atoms with Crippen molar-refractivity contribution in [2.75, 3.05) is 5.32 Å². The highest BCUT2D eigenvalue weighted by atomic mass is 35.5. The summed E-state index contributed by atoms with van der Waals surface area (Å²) in [5.41, 5.74) is 2.63. The normalized spacial score (nSPS) is 12.3. The summed E-state index contributed by atoms with van der Waals surface area (Å²) < 4.78 is 1.91. The van der Waals surface area contributed by atoms with Crippen LogP contribution in [-0.2, 0) is 7.05 Å². The molecule has 0 bridgehead atoms. The van der Waals surface area contributed by atoms with Crippen LogP contribution in [0.25, 0.3) is 0 Å². The average molecular weight is 335 g/mol. The number of rotatable bonds is 4. The van der Waals surface area contributed by atoms with E-state index in [9.17, 15) is 4.79 Å². The number of carbonyl (C=O) groups excluding carboxylic acids is 1. The summed E-state index contributed by atoms with van der Waals surface area (Å²) in [6.45, 7) is 7.99. The molecule has 1 aromatic carbocycles. The molecule has 6 heteroatoms. The van der Waals surface area contributed by atoms with Gasteiger partial charge in [0.15, 0.2) is 0 Å². The van der Waals surface area contributed by atoms with E-state index < -0.39 is 0 Å². The fourth-order valence-electron chi connectivity index (χ4n) is 2.57. The van der Waals surface area contributed by atoms with E-state index in [0.29, 0.717) is 10.7 Å². The van der Waals surface area contributed by atoms with E-state index in [-0.39, 0.29) is 18.0 Å². The van der Waals surface area contributed by atoms with Crippen LogP contribution in [0.1, 0.15) is 36.8 Å². The number of hydrogen-bond acceptors (Lipinski definition) is 2. The molecule has 0 saturated heterocycles. The van der Waals surface area contributed by atoms with E-state index in [0.717, 1.165) is 17.0 Å². The summed E-state index contributed by atoms with van der Waals surface area (Å²) in [5, 5.41) is 6.38. The van der Waals surface area contributed by atoms with Gasteiger partial charge in [-0.2, -0.15) is 0 Å². The van der Waals surface area contributed by atoms with Gasteiger partial charge in [-0.3, -0.25) is 0 Å². The van der Waals surface area contributed by atoms with Gasteiger partial charge in [0, 0.05) is 19.4 Å². The molecule has 2 aromatic rings. The Hall–Kier alpha value is -2.01. The van der Waals surface area contributed by atoms with Crippen molar-refractivity contribution in [2.24, 2.45) is 13.0 Å². The molecule has 1 atom stereocenters. The SMILES string of the molecule is Cc1cc(C)c(NC(=O)N[C@H](c2nccn2C)C(C)C)c(Cl)c1. The zero-order valence-electron chi connectivity index (χ0n) is 14.1. The van der Waals surface area contributed by atoms with Crippen molar-refractivity contribution in [2.45, 2.75) is 33.7 Å². The first kappa shape index (κ1) is 17.3. The largest absolute Gasteiger partial charge is 0.336 e. The first-order valence-corrected chi connectivity index (χ1v) is 7.99. The lowest BCUT2D eigenvalue weighted by Gasteiger charge is -2.23. The number of aryl methyl sites for hydroxylation is 3. The first-order chi connectivity index (χ1) is 10.8. The Morgan fingerprint density at radius 2 is 2.00 bits per heavy atom. The lowest BCUT2D eigenvalue weighted by Crippen LogP contribution is -2.36. The van der Waals surface area contributed by atoms with E-state index in [2.05, 4.69) is 15.6 Å². The molecule has 2 amide bonds. The van der Waals surface area contributed by atoms with Crippen LogP contribution in [0.2, 0.25) is 5.02 Å². The fraction of sp³-hybridized carbons (Fsp3) is 0.412. The molecule has 0 radical (unpaired) electrons. The maximum absolute atomic E-state index is 12.4. The van der Waals surface area contributed by atoms with Gasteiger partial charge < -0.3 is 15.2 Å². The topological polar surface area (TPSA) is 59.0 Å². The second-order valence-electron chi connectivity index (χ2n) is 6.16. The zero-order chi connectivity index (χ0) is 17.1. The lowest BCUT2D eigenvalue weighted by molar-refractivity contribution is 0.243. The molecule has 1 aromatic heterocycles. The standard InChI is InChI=1S/C17H23ClN4O/c1-10(2)14(16-19-6-7-22(16)5)20-17(23)21-15-12(4)8-11(3)9-13(15)18/h6-10,14H,1-5H3,(H2,20,21,23)/t14-/m0/s1. The zero-order valence-corrected chi connectivity index (χ0v) is 14.9. The quantitative estimate of drug-likeness (QED) is 0.880.